The Morgan fingerprint density at radius 1 is 1.04 bits per heavy atom. The fourth-order valence-electron chi connectivity index (χ4n) is 3.34. The molecular formula is C19H17ClFNO3. The number of amides is 1. The molecule has 0 bridgehead atoms. The van der Waals surface area contributed by atoms with Crippen LogP contribution in [0.1, 0.15) is 42.5 Å². The van der Waals surface area contributed by atoms with Crippen LogP contribution in [0.3, 0.4) is 0 Å². The van der Waals surface area contributed by atoms with Crippen molar-refractivity contribution in [3.63, 3.8) is 0 Å². The van der Waals surface area contributed by atoms with E-state index < -0.39 is 17.5 Å². The van der Waals surface area contributed by atoms with Gasteiger partial charge in [0.05, 0.1) is 5.56 Å². The average Bonchev–Trinajstić information content (AvgIpc) is 2.94. The van der Waals surface area contributed by atoms with Gasteiger partial charge in [0.25, 0.3) is 11.7 Å². The van der Waals surface area contributed by atoms with Crippen LogP contribution in [0.4, 0.5) is 10.1 Å². The summed E-state index contributed by atoms with van der Waals surface area (Å²) in [5, 5.41) is 2.98. The van der Waals surface area contributed by atoms with Crippen molar-refractivity contribution in [1.82, 2.24) is 0 Å². The number of nitrogens with one attached hydrogen (secondary N) is 1. The fourth-order valence-corrected chi connectivity index (χ4v) is 3.51. The fraction of sp³-hybridized carbons (Fsp3) is 0.316. The van der Waals surface area contributed by atoms with Gasteiger partial charge in [0.2, 0.25) is 0 Å². The molecule has 4 nitrogen and oxygen atoms in total. The zero-order chi connectivity index (χ0) is 17.4. The zero-order valence-electron chi connectivity index (χ0n) is 13.5. The number of carbonyl (C=O) groups excluding carboxylic acids is 1. The standard InChI is InChI=1S/C19H17ClFNO3/c20-12-4-6-15(21)14(10-12)18(23)22-13-5-7-16-17(11-13)25-19(24-16)8-2-1-3-9-19/h4-7,10-11H,1-3,8-9H2,(H,22,23). The predicted octanol–water partition coefficient (Wildman–Crippen LogP) is 5.16. The Labute approximate surface area is 149 Å². The molecule has 1 aliphatic heterocycles. The van der Waals surface area contributed by atoms with E-state index >= 15 is 0 Å². The first-order chi connectivity index (χ1) is 12.0. The summed E-state index contributed by atoms with van der Waals surface area (Å²) in [6, 6.07) is 9.06. The lowest BCUT2D eigenvalue weighted by Gasteiger charge is -2.31. The maximum Gasteiger partial charge on any atom is 0.258 e. The molecule has 1 spiro atoms. The molecule has 0 aromatic heterocycles. The van der Waals surface area contributed by atoms with E-state index in [1.54, 1.807) is 18.2 Å². The topological polar surface area (TPSA) is 47.6 Å². The minimum atomic E-state index is -0.621. The molecule has 25 heavy (non-hydrogen) atoms. The number of anilines is 1. The van der Waals surface area contributed by atoms with E-state index in [0.29, 0.717) is 22.2 Å². The average molecular weight is 362 g/mol. The quantitative estimate of drug-likeness (QED) is 0.803. The van der Waals surface area contributed by atoms with Crippen molar-refractivity contribution in [2.45, 2.75) is 37.9 Å². The highest BCUT2D eigenvalue weighted by Crippen LogP contribution is 2.46. The first-order valence-corrected chi connectivity index (χ1v) is 8.71. The molecule has 0 unspecified atom stereocenters. The van der Waals surface area contributed by atoms with Gasteiger partial charge in [0.15, 0.2) is 11.5 Å². The molecule has 2 aromatic rings. The SMILES string of the molecule is O=C(Nc1ccc2c(c1)OC1(CCCCC1)O2)c1cc(Cl)ccc1F. The van der Waals surface area contributed by atoms with Gasteiger partial charge < -0.3 is 14.8 Å². The molecule has 0 radical (unpaired) electrons. The summed E-state index contributed by atoms with van der Waals surface area (Å²) in [4.78, 5) is 12.3. The van der Waals surface area contributed by atoms with Gasteiger partial charge in [-0.15, -0.1) is 0 Å². The van der Waals surface area contributed by atoms with Crippen molar-refractivity contribution in [2.75, 3.05) is 5.32 Å². The largest absolute Gasteiger partial charge is 0.448 e. The second-order valence-corrected chi connectivity index (χ2v) is 6.85. The third-order valence-corrected chi connectivity index (χ3v) is 4.82. The molecule has 1 saturated carbocycles. The number of rotatable bonds is 2. The lowest BCUT2D eigenvalue weighted by atomic mass is 9.94. The van der Waals surface area contributed by atoms with Gasteiger partial charge in [-0.05, 0) is 43.2 Å². The van der Waals surface area contributed by atoms with E-state index in [0.717, 1.165) is 25.7 Å². The summed E-state index contributed by atoms with van der Waals surface area (Å²) in [5.41, 5.74) is 0.411. The number of hydrogen-bond acceptors (Lipinski definition) is 3. The molecule has 1 amide bonds. The first kappa shape index (κ1) is 16.2. The minimum absolute atomic E-state index is 0.103. The Morgan fingerprint density at radius 3 is 2.60 bits per heavy atom. The Balaban J connectivity index is 1.53. The third kappa shape index (κ3) is 3.16. The molecule has 2 aromatic carbocycles. The van der Waals surface area contributed by atoms with Gasteiger partial charge in [0, 0.05) is 29.6 Å². The van der Waals surface area contributed by atoms with Crippen LogP contribution in [0.5, 0.6) is 11.5 Å². The number of benzene rings is 2. The van der Waals surface area contributed by atoms with Crippen molar-refractivity contribution < 1.29 is 18.7 Å². The summed E-state index contributed by atoms with van der Waals surface area (Å²) in [6.45, 7) is 0. The number of ether oxygens (including phenoxy) is 2. The highest BCUT2D eigenvalue weighted by molar-refractivity contribution is 6.31. The molecule has 1 heterocycles. The monoisotopic (exact) mass is 361 g/mol. The van der Waals surface area contributed by atoms with Crippen molar-refractivity contribution >= 4 is 23.2 Å². The van der Waals surface area contributed by atoms with E-state index in [1.165, 1.54) is 24.6 Å². The minimum Gasteiger partial charge on any atom is -0.448 e. The lowest BCUT2D eigenvalue weighted by molar-refractivity contribution is -0.105. The number of halogens is 2. The molecule has 2 aliphatic rings. The van der Waals surface area contributed by atoms with Crippen LogP contribution < -0.4 is 14.8 Å². The van der Waals surface area contributed by atoms with Crippen LogP contribution in [-0.2, 0) is 0 Å². The smallest absolute Gasteiger partial charge is 0.258 e. The Kier molecular flexibility index (Phi) is 4.04. The van der Waals surface area contributed by atoms with Crippen LogP contribution in [0.2, 0.25) is 5.02 Å². The lowest BCUT2D eigenvalue weighted by Crippen LogP contribution is -2.40. The van der Waals surface area contributed by atoms with Crippen LogP contribution in [-0.4, -0.2) is 11.7 Å². The predicted molar refractivity (Wildman–Crippen MR) is 92.9 cm³/mol. The highest BCUT2D eigenvalue weighted by atomic mass is 35.5. The molecule has 1 N–H and O–H groups in total. The van der Waals surface area contributed by atoms with E-state index in [4.69, 9.17) is 21.1 Å². The molecular weight excluding hydrogens is 345 g/mol. The van der Waals surface area contributed by atoms with Crippen molar-refractivity contribution in [1.29, 1.82) is 0 Å². The Bertz CT molecular complexity index is 833. The summed E-state index contributed by atoms with van der Waals surface area (Å²) >= 11 is 5.84. The molecule has 1 fully saturated rings. The van der Waals surface area contributed by atoms with E-state index in [-0.39, 0.29) is 5.56 Å². The van der Waals surface area contributed by atoms with Gasteiger partial charge in [-0.3, -0.25) is 4.79 Å². The molecule has 130 valence electrons. The Morgan fingerprint density at radius 2 is 1.80 bits per heavy atom. The van der Waals surface area contributed by atoms with Crippen LogP contribution >= 0.6 is 11.6 Å². The molecule has 0 saturated heterocycles. The van der Waals surface area contributed by atoms with Crippen molar-refractivity contribution in [3.8, 4) is 11.5 Å². The van der Waals surface area contributed by atoms with Crippen LogP contribution in [0.25, 0.3) is 0 Å². The number of fused-ring (bicyclic) bond motifs is 1. The number of hydrogen-bond donors (Lipinski definition) is 1. The Hall–Kier alpha value is -2.27. The summed E-state index contributed by atoms with van der Waals surface area (Å²) in [6.07, 6.45) is 5.06. The summed E-state index contributed by atoms with van der Waals surface area (Å²) in [5.74, 6) is -0.474. The number of carbonyl (C=O) groups is 1. The van der Waals surface area contributed by atoms with Gasteiger partial charge >= 0.3 is 0 Å². The highest BCUT2D eigenvalue weighted by Gasteiger charge is 2.42. The molecule has 6 heteroatoms. The van der Waals surface area contributed by atoms with E-state index in [1.807, 2.05) is 0 Å². The van der Waals surface area contributed by atoms with Crippen molar-refractivity contribution in [3.05, 3.63) is 52.8 Å². The van der Waals surface area contributed by atoms with Crippen molar-refractivity contribution in [2.24, 2.45) is 0 Å². The van der Waals surface area contributed by atoms with Gasteiger partial charge in [-0.1, -0.05) is 18.0 Å². The molecule has 0 atom stereocenters. The maximum absolute atomic E-state index is 13.8. The molecule has 4 rings (SSSR count). The normalized spacial score (nSPS) is 17.5. The summed E-state index contributed by atoms with van der Waals surface area (Å²) < 4.78 is 25.9. The second kappa shape index (κ2) is 6.23. The van der Waals surface area contributed by atoms with E-state index in [9.17, 15) is 9.18 Å². The summed E-state index contributed by atoms with van der Waals surface area (Å²) in [7, 11) is 0. The maximum atomic E-state index is 13.8. The van der Waals surface area contributed by atoms with Crippen LogP contribution in [0.15, 0.2) is 36.4 Å². The van der Waals surface area contributed by atoms with Crippen LogP contribution in [0, 0.1) is 5.82 Å². The zero-order valence-corrected chi connectivity index (χ0v) is 14.2. The van der Waals surface area contributed by atoms with Gasteiger partial charge in [0.1, 0.15) is 5.82 Å². The van der Waals surface area contributed by atoms with E-state index in [2.05, 4.69) is 5.32 Å². The second-order valence-electron chi connectivity index (χ2n) is 6.42. The first-order valence-electron chi connectivity index (χ1n) is 8.33. The molecule has 1 aliphatic carbocycles. The van der Waals surface area contributed by atoms with Gasteiger partial charge in [-0.25, -0.2) is 4.39 Å². The third-order valence-electron chi connectivity index (χ3n) is 4.58. The van der Waals surface area contributed by atoms with Gasteiger partial charge in [-0.2, -0.15) is 0 Å².